The van der Waals surface area contributed by atoms with Gasteiger partial charge in [0.05, 0.1) is 0 Å². The van der Waals surface area contributed by atoms with Gasteiger partial charge in [0, 0.05) is 29.7 Å². The van der Waals surface area contributed by atoms with Gasteiger partial charge in [0.25, 0.3) is 0 Å². The summed E-state index contributed by atoms with van der Waals surface area (Å²) >= 11 is 0. The van der Waals surface area contributed by atoms with E-state index in [9.17, 15) is 0 Å². The molecular formula is C17H32N4. The number of nitrogens with two attached hydrogens (primary N) is 1. The van der Waals surface area contributed by atoms with Crippen molar-refractivity contribution in [3.8, 4) is 0 Å². The van der Waals surface area contributed by atoms with Crippen molar-refractivity contribution in [2.75, 3.05) is 25.9 Å². The molecule has 21 heavy (non-hydrogen) atoms. The van der Waals surface area contributed by atoms with Gasteiger partial charge in [-0.2, -0.15) is 0 Å². The quantitative estimate of drug-likeness (QED) is 0.735. The lowest BCUT2D eigenvalue weighted by atomic mass is 9.79. The van der Waals surface area contributed by atoms with Crippen LogP contribution in [0.3, 0.4) is 0 Å². The molecule has 0 saturated heterocycles. The van der Waals surface area contributed by atoms with Gasteiger partial charge in [0.15, 0.2) is 0 Å². The van der Waals surface area contributed by atoms with E-state index < -0.39 is 0 Å². The van der Waals surface area contributed by atoms with Crippen LogP contribution in [0.2, 0.25) is 0 Å². The van der Waals surface area contributed by atoms with Crippen molar-refractivity contribution < 1.29 is 0 Å². The molecule has 0 saturated carbocycles. The van der Waals surface area contributed by atoms with Gasteiger partial charge >= 0.3 is 0 Å². The van der Waals surface area contributed by atoms with E-state index in [2.05, 4.69) is 49.9 Å². The summed E-state index contributed by atoms with van der Waals surface area (Å²) in [5, 5.41) is 3.54. The first-order chi connectivity index (χ1) is 10.1. The van der Waals surface area contributed by atoms with Gasteiger partial charge in [0.2, 0.25) is 0 Å². The van der Waals surface area contributed by atoms with Crippen molar-refractivity contribution in [2.45, 2.75) is 58.5 Å². The van der Waals surface area contributed by atoms with Crippen LogP contribution in [0, 0.1) is 0 Å². The van der Waals surface area contributed by atoms with Crippen molar-refractivity contribution in [1.82, 2.24) is 15.2 Å². The summed E-state index contributed by atoms with van der Waals surface area (Å²) in [6.45, 7) is 11.2. The maximum atomic E-state index is 6.11. The molecule has 0 fully saturated rings. The molecule has 4 heteroatoms. The Bertz CT molecular complexity index is 411. The number of aromatic nitrogens is 1. The summed E-state index contributed by atoms with van der Waals surface area (Å²) in [6.07, 6.45) is 6.81. The van der Waals surface area contributed by atoms with E-state index in [0.29, 0.717) is 6.04 Å². The first-order valence-electron chi connectivity index (χ1n) is 8.20. The van der Waals surface area contributed by atoms with E-state index >= 15 is 0 Å². The van der Waals surface area contributed by atoms with Crippen LogP contribution in [0.1, 0.15) is 46.1 Å². The highest BCUT2D eigenvalue weighted by Crippen LogP contribution is 2.30. The van der Waals surface area contributed by atoms with E-state index in [1.807, 2.05) is 12.3 Å². The summed E-state index contributed by atoms with van der Waals surface area (Å²) in [4.78, 5) is 6.81. The van der Waals surface area contributed by atoms with Gasteiger partial charge in [-0.05, 0) is 51.0 Å². The summed E-state index contributed by atoms with van der Waals surface area (Å²) in [5.41, 5.74) is 8.24. The molecule has 0 spiro atoms. The minimum Gasteiger partial charge on any atom is -0.398 e. The summed E-state index contributed by atoms with van der Waals surface area (Å²) in [5.74, 6) is 0. The molecule has 0 amide bonds. The molecule has 0 aromatic carbocycles. The number of likely N-dealkylation sites (N-methyl/N-ethyl adjacent to an activating group) is 2. The zero-order valence-electron chi connectivity index (χ0n) is 14.3. The number of pyridine rings is 1. The fraction of sp³-hybridized carbons (Fsp3) is 0.706. The Kier molecular flexibility index (Phi) is 7.12. The van der Waals surface area contributed by atoms with E-state index in [1.165, 1.54) is 0 Å². The van der Waals surface area contributed by atoms with Gasteiger partial charge in [-0.1, -0.05) is 27.7 Å². The molecule has 120 valence electrons. The average molecular weight is 292 g/mol. The van der Waals surface area contributed by atoms with Crippen LogP contribution in [0.25, 0.3) is 0 Å². The highest BCUT2D eigenvalue weighted by molar-refractivity contribution is 5.45. The molecule has 0 radical (unpaired) electrons. The first-order valence-corrected chi connectivity index (χ1v) is 8.20. The van der Waals surface area contributed by atoms with Gasteiger partial charge < -0.3 is 11.1 Å². The predicted octanol–water partition coefficient (Wildman–Crippen LogP) is 2.69. The van der Waals surface area contributed by atoms with E-state index in [-0.39, 0.29) is 5.54 Å². The molecule has 0 aliphatic carbocycles. The standard InChI is InChI=1S/C17H32N4/c1-6-17(7-2,21(8-3)9-4)16(19-5)12-14-13-20-11-10-15(14)18/h10-11,13,16,19H,6-9,12H2,1-5H3,(H2,18,20). The van der Waals surface area contributed by atoms with Crippen molar-refractivity contribution in [3.63, 3.8) is 0 Å². The lowest BCUT2D eigenvalue weighted by Crippen LogP contribution is -2.61. The molecule has 0 bridgehead atoms. The largest absolute Gasteiger partial charge is 0.398 e. The Morgan fingerprint density at radius 1 is 1.24 bits per heavy atom. The van der Waals surface area contributed by atoms with E-state index in [1.54, 1.807) is 6.20 Å². The molecule has 3 N–H and O–H groups in total. The van der Waals surface area contributed by atoms with E-state index in [0.717, 1.165) is 43.6 Å². The molecule has 0 aliphatic rings. The van der Waals surface area contributed by atoms with Gasteiger partial charge in [0.1, 0.15) is 0 Å². The summed E-state index contributed by atoms with van der Waals surface area (Å²) in [6, 6.07) is 2.25. The van der Waals surface area contributed by atoms with Crippen molar-refractivity contribution in [1.29, 1.82) is 0 Å². The van der Waals surface area contributed by atoms with E-state index in [4.69, 9.17) is 5.73 Å². The van der Waals surface area contributed by atoms with Gasteiger partial charge in [-0.3, -0.25) is 9.88 Å². The van der Waals surface area contributed by atoms with Crippen LogP contribution in [0.15, 0.2) is 18.5 Å². The van der Waals surface area contributed by atoms with Crippen LogP contribution in [0.4, 0.5) is 5.69 Å². The second-order valence-corrected chi connectivity index (χ2v) is 5.60. The molecule has 1 unspecified atom stereocenters. The minimum atomic E-state index is 0.153. The summed E-state index contributed by atoms with van der Waals surface area (Å²) in [7, 11) is 2.06. The Hall–Kier alpha value is -1.13. The molecule has 1 aromatic rings. The maximum absolute atomic E-state index is 6.11. The molecule has 4 nitrogen and oxygen atoms in total. The monoisotopic (exact) mass is 292 g/mol. The molecule has 0 aliphatic heterocycles. The average Bonchev–Trinajstić information content (AvgIpc) is 2.52. The zero-order valence-corrected chi connectivity index (χ0v) is 14.3. The predicted molar refractivity (Wildman–Crippen MR) is 91.4 cm³/mol. The lowest BCUT2D eigenvalue weighted by molar-refractivity contribution is 0.0520. The highest BCUT2D eigenvalue weighted by atomic mass is 15.2. The number of nitrogens with zero attached hydrogens (tertiary/aromatic N) is 2. The maximum Gasteiger partial charge on any atom is 0.0378 e. The molecule has 1 heterocycles. The van der Waals surface area contributed by atoms with Crippen LogP contribution < -0.4 is 11.1 Å². The fourth-order valence-corrected chi connectivity index (χ4v) is 3.65. The Labute approximate surface area is 130 Å². The fourth-order valence-electron chi connectivity index (χ4n) is 3.65. The van der Waals surface area contributed by atoms with Crippen LogP contribution in [-0.4, -0.2) is 41.6 Å². The third-order valence-corrected chi connectivity index (χ3v) is 4.98. The van der Waals surface area contributed by atoms with Crippen LogP contribution in [0.5, 0.6) is 0 Å². The third-order valence-electron chi connectivity index (χ3n) is 4.98. The Morgan fingerprint density at radius 3 is 2.29 bits per heavy atom. The Morgan fingerprint density at radius 2 is 1.86 bits per heavy atom. The molecule has 1 aromatic heterocycles. The normalized spacial score (nSPS) is 13.6. The lowest BCUT2D eigenvalue weighted by Gasteiger charge is -2.48. The van der Waals surface area contributed by atoms with Crippen LogP contribution in [-0.2, 0) is 6.42 Å². The minimum absolute atomic E-state index is 0.153. The molecular weight excluding hydrogens is 260 g/mol. The summed E-state index contributed by atoms with van der Waals surface area (Å²) < 4.78 is 0. The zero-order chi connectivity index (χ0) is 15.9. The number of nitrogens with one attached hydrogen (secondary N) is 1. The topological polar surface area (TPSA) is 54.2 Å². The Balaban J connectivity index is 3.11. The number of hydrogen-bond donors (Lipinski definition) is 2. The number of nitrogen functional groups attached to an aromatic ring is 1. The van der Waals surface area contributed by atoms with Gasteiger partial charge in [-0.25, -0.2) is 0 Å². The van der Waals surface area contributed by atoms with Gasteiger partial charge in [-0.15, -0.1) is 0 Å². The third kappa shape index (κ3) is 3.74. The SMILES string of the molecule is CCN(CC)C(CC)(CC)C(Cc1cnccc1N)NC. The second kappa shape index (κ2) is 8.35. The molecule has 1 rings (SSSR count). The smallest absolute Gasteiger partial charge is 0.0378 e. The number of anilines is 1. The number of hydrogen-bond acceptors (Lipinski definition) is 4. The van der Waals surface area contributed by atoms with Crippen molar-refractivity contribution in [2.24, 2.45) is 0 Å². The first kappa shape index (κ1) is 17.9. The molecule has 1 atom stereocenters. The van der Waals surface area contributed by atoms with Crippen LogP contribution >= 0.6 is 0 Å². The number of rotatable bonds is 9. The van der Waals surface area contributed by atoms with Crippen molar-refractivity contribution >= 4 is 5.69 Å². The van der Waals surface area contributed by atoms with Crippen molar-refractivity contribution in [3.05, 3.63) is 24.0 Å². The highest BCUT2D eigenvalue weighted by Gasteiger charge is 2.39. The second-order valence-electron chi connectivity index (χ2n) is 5.60.